The summed E-state index contributed by atoms with van der Waals surface area (Å²) in [7, 11) is -2.05. The SMILES string of the molecule is COc1ccc(S(=O)(=O)N2CCC(C(=O)N[C@@H](C)c3ccc(-n4ccnc4)cc3)CC2)cc1. The predicted octanol–water partition coefficient (Wildman–Crippen LogP) is 3.16. The van der Waals surface area contributed by atoms with Crippen LogP contribution in [0.15, 0.2) is 72.1 Å². The number of benzene rings is 2. The molecule has 9 heteroatoms. The maximum Gasteiger partial charge on any atom is 0.243 e. The molecule has 1 fully saturated rings. The van der Waals surface area contributed by atoms with Crippen LogP contribution in [0.25, 0.3) is 5.69 Å². The molecule has 0 spiro atoms. The summed E-state index contributed by atoms with van der Waals surface area (Å²) < 4.78 is 34.3. The summed E-state index contributed by atoms with van der Waals surface area (Å²) in [5, 5.41) is 3.08. The molecular formula is C24H28N4O4S. The van der Waals surface area contributed by atoms with Crippen LogP contribution in [0.1, 0.15) is 31.4 Å². The Balaban J connectivity index is 1.32. The van der Waals surface area contributed by atoms with E-state index < -0.39 is 10.0 Å². The zero-order chi connectivity index (χ0) is 23.4. The number of sulfonamides is 1. The molecule has 0 unspecified atom stereocenters. The summed E-state index contributed by atoms with van der Waals surface area (Å²) in [6, 6.07) is 14.2. The molecule has 2 aromatic carbocycles. The van der Waals surface area contributed by atoms with E-state index in [2.05, 4.69) is 10.3 Å². The van der Waals surface area contributed by atoms with Crippen LogP contribution in [0.2, 0.25) is 0 Å². The Bertz CT molecular complexity index is 1170. The molecule has 8 nitrogen and oxygen atoms in total. The molecule has 1 aliphatic heterocycles. The van der Waals surface area contributed by atoms with Gasteiger partial charge in [0.2, 0.25) is 15.9 Å². The maximum absolute atomic E-state index is 12.9. The van der Waals surface area contributed by atoms with Crippen molar-refractivity contribution >= 4 is 15.9 Å². The van der Waals surface area contributed by atoms with Gasteiger partial charge in [-0.2, -0.15) is 4.31 Å². The van der Waals surface area contributed by atoms with E-state index >= 15 is 0 Å². The Morgan fingerprint density at radius 2 is 1.76 bits per heavy atom. The lowest BCUT2D eigenvalue weighted by atomic mass is 9.96. The molecule has 3 aromatic rings. The molecule has 1 aliphatic rings. The number of hydrogen-bond donors (Lipinski definition) is 1. The Morgan fingerprint density at radius 1 is 1.09 bits per heavy atom. The van der Waals surface area contributed by atoms with Gasteiger partial charge in [0.1, 0.15) is 5.75 Å². The number of amides is 1. The van der Waals surface area contributed by atoms with Crippen LogP contribution < -0.4 is 10.1 Å². The van der Waals surface area contributed by atoms with Crippen molar-refractivity contribution in [2.45, 2.75) is 30.7 Å². The van der Waals surface area contributed by atoms with Crippen molar-refractivity contribution in [2.24, 2.45) is 5.92 Å². The lowest BCUT2D eigenvalue weighted by molar-refractivity contribution is -0.126. The van der Waals surface area contributed by atoms with Gasteiger partial charge in [0, 0.05) is 37.1 Å². The minimum Gasteiger partial charge on any atom is -0.497 e. The van der Waals surface area contributed by atoms with E-state index in [0.29, 0.717) is 31.7 Å². The molecule has 1 atom stereocenters. The number of imidazole rings is 1. The van der Waals surface area contributed by atoms with Crippen molar-refractivity contribution in [2.75, 3.05) is 20.2 Å². The average Bonchev–Trinajstić information content (AvgIpc) is 3.39. The highest BCUT2D eigenvalue weighted by molar-refractivity contribution is 7.89. The van der Waals surface area contributed by atoms with Gasteiger partial charge in [-0.1, -0.05) is 12.1 Å². The van der Waals surface area contributed by atoms with E-state index in [1.807, 2.05) is 42.0 Å². The number of rotatable bonds is 7. The summed E-state index contributed by atoms with van der Waals surface area (Å²) in [6.07, 6.45) is 6.33. The minimum absolute atomic E-state index is 0.0392. The molecule has 1 saturated heterocycles. The van der Waals surface area contributed by atoms with Gasteiger partial charge in [-0.3, -0.25) is 4.79 Å². The third-order valence-electron chi connectivity index (χ3n) is 6.08. The first-order chi connectivity index (χ1) is 15.9. The third-order valence-corrected chi connectivity index (χ3v) is 7.99. The highest BCUT2D eigenvalue weighted by atomic mass is 32.2. The van der Waals surface area contributed by atoms with Crippen LogP contribution in [0, 0.1) is 5.92 Å². The summed E-state index contributed by atoms with van der Waals surface area (Å²) in [5.74, 6) is 0.359. The largest absolute Gasteiger partial charge is 0.497 e. The van der Waals surface area contributed by atoms with Crippen molar-refractivity contribution < 1.29 is 17.9 Å². The molecule has 0 aliphatic carbocycles. The minimum atomic E-state index is -3.59. The number of methoxy groups -OCH3 is 1. The highest BCUT2D eigenvalue weighted by Crippen LogP contribution is 2.26. The number of hydrogen-bond acceptors (Lipinski definition) is 5. The van der Waals surface area contributed by atoms with Gasteiger partial charge in [0.15, 0.2) is 0 Å². The quantitative estimate of drug-likeness (QED) is 0.575. The molecule has 33 heavy (non-hydrogen) atoms. The van der Waals surface area contributed by atoms with Gasteiger partial charge in [0.25, 0.3) is 0 Å². The van der Waals surface area contributed by atoms with Gasteiger partial charge in [-0.05, 0) is 61.7 Å². The van der Waals surface area contributed by atoms with E-state index in [1.165, 1.54) is 11.4 Å². The van der Waals surface area contributed by atoms with E-state index in [-0.39, 0.29) is 22.8 Å². The number of carbonyl (C=O) groups excluding carboxylic acids is 1. The summed E-state index contributed by atoms with van der Waals surface area (Å²) in [4.78, 5) is 17.1. The first-order valence-electron chi connectivity index (χ1n) is 10.9. The molecule has 1 amide bonds. The van der Waals surface area contributed by atoms with Crippen LogP contribution in [0.4, 0.5) is 0 Å². The molecule has 4 rings (SSSR count). The Labute approximate surface area is 194 Å². The zero-order valence-electron chi connectivity index (χ0n) is 18.7. The fourth-order valence-corrected chi connectivity index (χ4v) is 5.49. The van der Waals surface area contributed by atoms with Crippen molar-refractivity contribution in [3.8, 4) is 11.4 Å². The second-order valence-corrected chi connectivity index (χ2v) is 10.1. The van der Waals surface area contributed by atoms with Gasteiger partial charge < -0.3 is 14.6 Å². The summed E-state index contributed by atoms with van der Waals surface area (Å²) in [6.45, 7) is 2.59. The standard InChI is InChI=1S/C24H28N4O4S/c1-18(19-3-5-21(6-4-19)27-16-13-25-17-27)26-24(29)20-11-14-28(15-12-20)33(30,31)23-9-7-22(32-2)8-10-23/h3-10,13,16-18,20H,11-12,14-15H2,1-2H3,(H,26,29)/t18-/m0/s1. The molecular weight excluding hydrogens is 440 g/mol. The zero-order valence-corrected chi connectivity index (χ0v) is 19.5. The number of nitrogens with one attached hydrogen (secondary N) is 1. The van der Waals surface area contributed by atoms with Crippen LogP contribution in [0.5, 0.6) is 5.75 Å². The molecule has 2 heterocycles. The first-order valence-corrected chi connectivity index (χ1v) is 12.4. The van der Waals surface area contributed by atoms with Gasteiger partial charge in [-0.15, -0.1) is 0 Å². The second-order valence-electron chi connectivity index (χ2n) is 8.15. The summed E-state index contributed by atoms with van der Waals surface area (Å²) >= 11 is 0. The normalized spacial score (nSPS) is 16.3. The number of piperidine rings is 1. The van der Waals surface area contributed by atoms with Gasteiger partial charge in [0.05, 0.1) is 24.4 Å². The fraction of sp³-hybridized carbons (Fsp3) is 0.333. The number of aromatic nitrogens is 2. The molecule has 1 N–H and O–H groups in total. The van der Waals surface area contributed by atoms with Crippen LogP contribution in [-0.4, -0.2) is 48.4 Å². The Hall–Kier alpha value is -3.17. The van der Waals surface area contributed by atoms with Crippen molar-refractivity contribution in [1.29, 1.82) is 0 Å². The molecule has 0 bridgehead atoms. The molecule has 1 aromatic heterocycles. The van der Waals surface area contributed by atoms with Gasteiger partial charge >= 0.3 is 0 Å². The van der Waals surface area contributed by atoms with E-state index in [9.17, 15) is 13.2 Å². The van der Waals surface area contributed by atoms with E-state index in [1.54, 1.807) is 36.8 Å². The van der Waals surface area contributed by atoms with Crippen molar-refractivity contribution in [1.82, 2.24) is 19.2 Å². The first kappa shape index (κ1) is 23.0. The van der Waals surface area contributed by atoms with Crippen LogP contribution in [-0.2, 0) is 14.8 Å². The van der Waals surface area contributed by atoms with E-state index in [4.69, 9.17) is 4.74 Å². The molecule has 0 saturated carbocycles. The highest BCUT2D eigenvalue weighted by Gasteiger charge is 2.32. The lowest BCUT2D eigenvalue weighted by Crippen LogP contribution is -2.43. The van der Waals surface area contributed by atoms with Crippen molar-refractivity contribution in [3.05, 3.63) is 72.8 Å². The Kier molecular flexibility index (Phi) is 6.80. The average molecular weight is 469 g/mol. The lowest BCUT2D eigenvalue weighted by Gasteiger charge is -2.31. The van der Waals surface area contributed by atoms with Crippen LogP contribution >= 0.6 is 0 Å². The number of nitrogens with zero attached hydrogens (tertiary/aromatic N) is 3. The van der Waals surface area contributed by atoms with Crippen LogP contribution in [0.3, 0.4) is 0 Å². The number of carbonyl (C=O) groups is 1. The van der Waals surface area contributed by atoms with Crippen molar-refractivity contribution in [3.63, 3.8) is 0 Å². The summed E-state index contributed by atoms with van der Waals surface area (Å²) in [5.41, 5.74) is 2.01. The fourth-order valence-electron chi connectivity index (χ4n) is 4.02. The topological polar surface area (TPSA) is 93.5 Å². The number of ether oxygens (including phenoxy) is 1. The van der Waals surface area contributed by atoms with E-state index in [0.717, 1.165) is 11.3 Å². The molecule has 0 radical (unpaired) electrons. The smallest absolute Gasteiger partial charge is 0.243 e. The second kappa shape index (κ2) is 9.76. The monoisotopic (exact) mass is 468 g/mol. The predicted molar refractivity (Wildman–Crippen MR) is 125 cm³/mol. The van der Waals surface area contributed by atoms with Gasteiger partial charge in [-0.25, -0.2) is 13.4 Å². The molecule has 174 valence electrons. The Morgan fingerprint density at radius 3 is 2.33 bits per heavy atom. The third kappa shape index (κ3) is 5.09. The maximum atomic E-state index is 12.9.